The van der Waals surface area contributed by atoms with Gasteiger partial charge in [0.05, 0.1) is 23.3 Å². The number of nitrogens with zero attached hydrogens (tertiary/aromatic N) is 2. The molecule has 0 radical (unpaired) electrons. The first kappa shape index (κ1) is 12.4. The van der Waals surface area contributed by atoms with Crippen LogP contribution in [-0.2, 0) is 6.54 Å². The number of aromatic nitrogens is 1. The zero-order valence-corrected chi connectivity index (χ0v) is 10.8. The number of amides is 1. The lowest BCUT2D eigenvalue weighted by Crippen LogP contribution is -2.19. The lowest BCUT2D eigenvalue weighted by molar-refractivity contribution is 0.100. The highest BCUT2D eigenvalue weighted by atomic mass is 32.1. The molecular weight excluding hydrogens is 248 g/mol. The molecule has 18 heavy (non-hydrogen) atoms. The Hall–Kier alpha value is -2.08. The molecule has 94 valence electrons. The molecular formula is C12H14N4OS. The average molecular weight is 262 g/mol. The van der Waals surface area contributed by atoms with Crippen molar-refractivity contribution in [2.24, 2.45) is 5.73 Å². The third-order valence-electron chi connectivity index (χ3n) is 2.63. The van der Waals surface area contributed by atoms with Crippen LogP contribution < -0.4 is 16.4 Å². The summed E-state index contributed by atoms with van der Waals surface area (Å²) in [5.41, 5.74) is 15.4. The molecule has 1 amide bonds. The van der Waals surface area contributed by atoms with Gasteiger partial charge < -0.3 is 16.4 Å². The van der Waals surface area contributed by atoms with E-state index in [1.54, 1.807) is 29.0 Å². The molecule has 0 fully saturated rings. The molecule has 1 aromatic carbocycles. The molecule has 0 spiro atoms. The molecule has 5 nitrogen and oxygen atoms in total. The van der Waals surface area contributed by atoms with Gasteiger partial charge in [-0.3, -0.25) is 4.79 Å². The number of benzene rings is 1. The molecule has 2 aromatic rings. The van der Waals surface area contributed by atoms with Crippen LogP contribution in [0.4, 0.5) is 11.4 Å². The van der Waals surface area contributed by atoms with E-state index in [0.717, 1.165) is 11.4 Å². The zero-order chi connectivity index (χ0) is 13.1. The van der Waals surface area contributed by atoms with Crippen molar-refractivity contribution in [3.8, 4) is 0 Å². The number of anilines is 2. The smallest absolute Gasteiger partial charge is 0.250 e. The van der Waals surface area contributed by atoms with Gasteiger partial charge in [0.15, 0.2) is 0 Å². The van der Waals surface area contributed by atoms with Gasteiger partial charge in [0, 0.05) is 23.8 Å². The van der Waals surface area contributed by atoms with Crippen molar-refractivity contribution >= 4 is 28.6 Å². The first-order valence-electron chi connectivity index (χ1n) is 5.35. The van der Waals surface area contributed by atoms with Crippen LogP contribution in [0.3, 0.4) is 0 Å². The predicted molar refractivity (Wildman–Crippen MR) is 73.6 cm³/mol. The Morgan fingerprint density at radius 2 is 2.28 bits per heavy atom. The molecule has 1 aromatic heterocycles. The molecule has 0 aliphatic rings. The van der Waals surface area contributed by atoms with Gasteiger partial charge in [-0.05, 0) is 18.2 Å². The van der Waals surface area contributed by atoms with Crippen molar-refractivity contribution in [2.75, 3.05) is 17.7 Å². The van der Waals surface area contributed by atoms with E-state index in [2.05, 4.69) is 4.98 Å². The molecule has 0 aliphatic carbocycles. The van der Waals surface area contributed by atoms with E-state index in [-0.39, 0.29) is 0 Å². The van der Waals surface area contributed by atoms with Gasteiger partial charge >= 0.3 is 0 Å². The van der Waals surface area contributed by atoms with Crippen LogP contribution in [0.1, 0.15) is 16.1 Å². The minimum absolute atomic E-state index is 0.345. The van der Waals surface area contributed by atoms with E-state index in [0.29, 0.717) is 17.8 Å². The molecule has 0 atom stereocenters. The largest absolute Gasteiger partial charge is 0.398 e. The Balaban J connectivity index is 2.22. The molecule has 0 saturated heterocycles. The van der Waals surface area contributed by atoms with Gasteiger partial charge in [0.1, 0.15) is 0 Å². The van der Waals surface area contributed by atoms with E-state index < -0.39 is 5.91 Å². The molecule has 2 rings (SSSR count). The van der Waals surface area contributed by atoms with Crippen LogP contribution in [0.15, 0.2) is 29.1 Å². The molecule has 4 N–H and O–H groups in total. The Morgan fingerprint density at radius 3 is 2.89 bits per heavy atom. The topological polar surface area (TPSA) is 85.2 Å². The molecule has 1 heterocycles. The van der Waals surface area contributed by atoms with Crippen LogP contribution in [0.25, 0.3) is 0 Å². The second-order valence-electron chi connectivity index (χ2n) is 3.97. The summed E-state index contributed by atoms with van der Waals surface area (Å²) in [5.74, 6) is -0.517. The minimum atomic E-state index is -0.517. The van der Waals surface area contributed by atoms with E-state index >= 15 is 0 Å². The number of carbonyl (C=O) groups excluding carboxylic acids is 1. The standard InChI is InChI=1S/C12H14N4OS/c1-16(5-8-6-18-7-15-8)9-2-3-11(13)10(4-9)12(14)17/h2-4,6-7H,5,13H2,1H3,(H2,14,17). The van der Waals surface area contributed by atoms with Crippen molar-refractivity contribution in [3.63, 3.8) is 0 Å². The third-order valence-corrected chi connectivity index (χ3v) is 3.26. The summed E-state index contributed by atoms with van der Waals surface area (Å²) in [7, 11) is 1.93. The molecule has 6 heteroatoms. The number of hydrogen-bond acceptors (Lipinski definition) is 5. The first-order valence-corrected chi connectivity index (χ1v) is 6.29. The lowest BCUT2D eigenvalue weighted by Gasteiger charge is -2.19. The third kappa shape index (κ3) is 2.60. The number of nitrogen functional groups attached to an aromatic ring is 1. The number of primary amides is 1. The number of carbonyl (C=O) groups is 1. The highest BCUT2D eigenvalue weighted by Gasteiger charge is 2.10. The van der Waals surface area contributed by atoms with E-state index in [1.165, 1.54) is 0 Å². The normalized spacial score (nSPS) is 10.3. The van der Waals surface area contributed by atoms with Gasteiger partial charge in [-0.25, -0.2) is 4.98 Å². The van der Waals surface area contributed by atoms with Gasteiger partial charge in [0.2, 0.25) is 0 Å². The Bertz CT molecular complexity index is 553. The molecule has 0 unspecified atom stereocenters. The summed E-state index contributed by atoms with van der Waals surface area (Å²) < 4.78 is 0. The van der Waals surface area contributed by atoms with Crippen LogP contribution in [-0.4, -0.2) is 17.9 Å². The fourth-order valence-electron chi connectivity index (χ4n) is 1.64. The van der Waals surface area contributed by atoms with Crippen LogP contribution in [0.2, 0.25) is 0 Å². The highest BCUT2D eigenvalue weighted by Crippen LogP contribution is 2.21. The number of nitrogens with two attached hydrogens (primary N) is 2. The van der Waals surface area contributed by atoms with Crippen molar-refractivity contribution in [2.45, 2.75) is 6.54 Å². The summed E-state index contributed by atoms with van der Waals surface area (Å²) in [6, 6.07) is 5.24. The summed E-state index contributed by atoms with van der Waals surface area (Å²) in [6.45, 7) is 0.672. The lowest BCUT2D eigenvalue weighted by atomic mass is 10.1. The van der Waals surface area contributed by atoms with Crippen molar-refractivity contribution < 1.29 is 4.79 Å². The molecule has 0 saturated carbocycles. The van der Waals surface area contributed by atoms with Crippen LogP contribution in [0, 0.1) is 0 Å². The van der Waals surface area contributed by atoms with Crippen LogP contribution in [0.5, 0.6) is 0 Å². The Kier molecular flexibility index (Phi) is 3.47. The number of thiazole rings is 1. The second-order valence-corrected chi connectivity index (χ2v) is 4.69. The second kappa shape index (κ2) is 5.05. The molecule has 0 bridgehead atoms. The van der Waals surface area contributed by atoms with Crippen molar-refractivity contribution in [1.29, 1.82) is 0 Å². The zero-order valence-electron chi connectivity index (χ0n) is 9.96. The average Bonchev–Trinajstić information content (AvgIpc) is 2.81. The maximum absolute atomic E-state index is 11.2. The summed E-state index contributed by atoms with van der Waals surface area (Å²) >= 11 is 1.56. The number of hydrogen-bond donors (Lipinski definition) is 2. The van der Waals surface area contributed by atoms with Gasteiger partial charge in [-0.1, -0.05) is 0 Å². The summed E-state index contributed by atoms with van der Waals surface area (Å²) in [5, 5.41) is 1.99. The Morgan fingerprint density at radius 1 is 1.50 bits per heavy atom. The van der Waals surface area contributed by atoms with E-state index in [4.69, 9.17) is 11.5 Å². The van der Waals surface area contributed by atoms with Crippen LogP contribution >= 0.6 is 11.3 Å². The SMILES string of the molecule is CN(Cc1cscn1)c1ccc(N)c(C(N)=O)c1. The summed E-state index contributed by atoms with van der Waals surface area (Å²) in [4.78, 5) is 17.4. The highest BCUT2D eigenvalue weighted by molar-refractivity contribution is 7.07. The maximum Gasteiger partial charge on any atom is 0.250 e. The van der Waals surface area contributed by atoms with E-state index in [1.807, 2.05) is 23.4 Å². The van der Waals surface area contributed by atoms with Gasteiger partial charge in [0.25, 0.3) is 5.91 Å². The summed E-state index contributed by atoms with van der Waals surface area (Å²) in [6.07, 6.45) is 0. The van der Waals surface area contributed by atoms with Crippen molar-refractivity contribution in [1.82, 2.24) is 4.98 Å². The van der Waals surface area contributed by atoms with Gasteiger partial charge in [-0.2, -0.15) is 0 Å². The van der Waals surface area contributed by atoms with E-state index in [9.17, 15) is 4.79 Å². The fourth-order valence-corrected chi connectivity index (χ4v) is 2.19. The quantitative estimate of drug-likeness (QED) is 0.817. The minimum Gasteiger partial charge on any atom is -0.398 e. The number of rotatable bonds is 4. The van der Waals surface area contributed by atoms with Gasteiger partial charge in [-0.15, -0.1) is 11.3 Å². The fraction of sp³-hybridized carbons (Fsp3) is 0.167. The Labute approximate surface area is 109 Å². The first-order chi connectivity index (χ1) is 8.58. The predicted octanol–water partition coefficient (Wildman–Crippen LogP) is 1.46. The molecule has 0 aliphatic heterocycles. The maximum atomic E-state index is 11.2. The monoisotopic (exact) mass is 262 g/mol. The van der Waals surface area contributed by atoms with Crippen molar-refractivity contribution in [3.05, 3.63) is 40.3 Å².